The maximum Gasteiger partial charge on any atom is 0.337 e. The zero-order valence-corrected chi connectivity index (χ0v) is 9.27. The Morgan fingerprint density at radius 1 is 1.35 bits per heavy atom. The summed E-state index contributed by atoms with van der Waals surface area (Å²) in [4.78, 5) is 22.3. The molecule has 17 heavy (non-hydrogen) atoms. The zero-order chi connectivity index (χ0) is 12.7. The molecular weight excluding hydrogens is 220 g/mol. The lowest BCUT2D eigenvalue weighted by atomic mass is 10.2. The molecule has 3 N–H and O–H groups in total. The molecule has 1 amide bonds. The second-order valence-corrected chi connectivity index (χ2v) is 3.32. The van der Waals surface area contributed by atoms with Gasteiger partial charge in [-0.3, -0.25) is 4.79 Å². The molecule has 5 heteroatoms. The third-order valence-corrected chi connectivity index (χ3v) is 2.01. The van der Waals surface area contributed by atoms with Gasteiger partial charge in [0.25, 0.3) is 0 Å². The maximum absolute atomic E-state index is 11.5. The third-order valence-electron chi connectivity index (χ3n) is 2.01. The number of amides is 1. The van der Waals surface area contributed by atoms with Crippen LogP contribution in [0.15, 0.2) is 36.9 Å². The summed E-state index contributed by atoms with van der Waals surface area (Å²) in [5.74, 6) is -1.36. The Morgan fingerprint density at radius 3 is 2.71 bits per heavy atom. The van der Waals surface area contributed by atoms with Crippen LogP contribution in [0.4, 0.5) is 5.69 Å². The van der Waals surface area contributed by atoms with Crippen molar-refractivity contribution in [3.63, 3.8) is 0 Å². The van der Waals surface area contributed by atoms with Gasteiger partial charge in [0.1, 0.15) is 0 Å². The first kappa shape index (κ1) is 12.9. The molecule has 1 rings (SSSR count). The van der Waals surface area contributed by atoms with E-state index in [-0.39, 0.29) is 18.0 Å². The Labute approximate surface area is 99.1 Å². The lowest BCUT2D eigenvalue weighted by Crippen LogP contribution is -2.28. The molecule has 1 aromatic rings. The van der Waals surface area contributed by atoms with Gasteiger partial charge in [-0.25, -0.2) is 4.79 Å². The van der Waals surface area contributed by atoms with Crippen LogP contribution in [0.5, 0.6) is 0 Å². The van der Waals surface area contributed by atoms with Crippen LogP contribution < -0.4 is 10.6 Å². The van der Waals surface area contributed by atoms with Gasteiger partial charge in [-0.05, 0) is 12.1 Å². The molecule has 0 saturated heterocycles. The smallest absolute Gasteiger partial charge is 0.337 e. The second-order valence-electron chi connectivity index (χ2n) is 3.32. The maximum atomic E-state index is 11.5. The minimum Gasteiger partial charge on any atom is -0.478 e. The fourth-order valence-corrected chi connectivity index (χ4v) is 1.26. The van der Waals surface area contributed by atoms with E-state index in [2.05, 4.69) is 17.2 Å². The molecule has 0 aliphatic rings. The predicted molar refractivity (Wildman–Crippen MR) is 65.1 cm³/mol. The SMILES string of the molecule is C=CCNCC(=O)Nc1ccccc1C(=O)O. The zero-order valence-electron chi connectivity index (χ0n) is 9.27. The van der Waals surface area contributed by atoms with Crippen molar-refractivity contribution >= 4 is 17.6 Å². The number of hydrogen-bond acceptors (Lipinski definition) is 3. The number of carboxylic acid groups (broad SMARTS) is 1. The molecule has 0 radical (unpaired) electrons. The van der Waals surface area contributed by atoms with E-state index >= 15 is 0 Å². The number of para-hydroxylation sites is 1. The summed E-state index contributed by atoms with van der Waals surface area (Å²) >= 11 is 0. The van der Waals surface area contributed by atoms with E-state index in [0.717, 1.165) is 0 Å². The topological polar surface area (TPSA) is 78.4 Å². The average molecular weight is 234 g/mol. The number of carbonyl (C=O) groups excluding carboxylic acids is 1. The van der Waals surface area contributed by atoms with Crippen molar-refractivity contribution in [3.8, 4) is 0 Å². The van der Waals surface area contributed by atoms with Crippen LogP contribution in [0.2, 0.25) is 0 Å². The van der Waals surface area contributed by atoms with Crippen molar-refractivity contribution < 1.29 is 14.7 Å². The molecule has 1 aromatic carbocycles. The van der Waals surface area contributed by atoms with Crippen LogP contribution in [0, 0.1) is 0 Å². The summed E-state index contributed by atoms with van der Waals surface area (Å²) in [6, 6.07) is 6.26. The number of nitrogens with one attached hydrogen (secondary N) is 2. The molecule has 0 aliphatic carbocycles. The predicted octanol–water partition coefficient (Wildman–Crippen LogP) is 1.10. The summed E-state index contributed by atoms with van der Waals surface area (Å²) in [5, 5.41) is 14.3. The van der Waals surface area contributed by atoms with E-state index < -0.39 is 5.97 Å². The number of rotatable bonds is 6. The van der Waals surface area contributed by atoms with E-state index in [4.69, 9.17) is 5.11 Å². The van der Waals surface area contributed by atoms with Crippen molar-refractivity contribution in [2.75, 3.05) is 18.4 Å². The van der Waals surface area contributed by atoms with Gasteiger partial charge in [0, 0.05) is 6.54 Å². The number of benzene rings is 1. The first-order chi connectivity index (χ1) is 8.15. The molecule has 0 bridgehead atoms. The number of hydrogen-bond donors (Lipinski definition) is 3. The Hall–Kier alpha value is -2.14. The molecule has 0 aliphatic heterocycles. The summed E-state index contributed by atoms with van der Waals surface area (Å²) in [6.07, 6.45) is 1.64. The van der Waals surface area contributed by atoms with Gasteiger partial charge in [-0.2, -0.15) is 0 Å². The average Bonchev–Trinajstić information content (AvgIpc) is 2.29. The van der Waals surface area contributed by atoms with Crippen LogP contribution >= 0.6 is 0 Å². The van der Waals surface area contributed by atoms with Gasteiger partial charge < -0.3 is 15.7 Å². The first-order valence-corrected chi connectivity index (χ1v) is 5.09. The number of carbonyl (C=O) groups is 2. The van der Waals surface area contributed by atoms with Gasteiger partial charge in [-0.1, -0.05) is 18.2 Å². The third kappa shape index (κ3) is 4.08. The molecular formula is C12H14N2O3. The van der Waals surface area contributed by atoms with E-state index in [1.807, 2.05) is 0 Å². The van der Waals surface area contributed by atoms with Crippen molar-refractivity contribution in [3.05, 3.63) is 42.5 Å². The quantitative estimate of drug-likeness (QED) is 0.508. The standard InChI is InChI=1S/C12H14N2O3/c1-2-7-13-8-11(15)14-10-6-4-3-5-9(10)12(16)17/h2-6,13H,1,7-8H2,(H,14,15)(H,16,17). The molecule has 0 heterocycles. The van der Waals surface area contributed by atoms with Crippen LogP contribution in [-0.4, -0.2) is 30.1 Å². The summed E-state index contributed by atoms with van der Waals surface area (Å²) in [6.45, 7) is 4.14. The molecule has 5 nitrogen and oxygen atoms in total. The molecule has 0 atom stereocenters. The molecule has 0 spiro atoms. The Kier molecular flexibility index (Phi) is 4.90. The van der Waals surface area contributed by atoms with Gasteiger partial charge in [0.2, 0.25) is 5.91 Å². The summed E-state index contributed by atoms with van der Waals surface area (Å²) < 4.78 is 0. The van der Waals surface area contributed by atoms with Crippen LogP contribution in [0.1, 0.15) is 10.4 Å². The van der Waals surface area contributed by atoms with Crippen molar-refractivity contribution in [2.24, 2.45) is 0 Å². The highest BCUT2D eigenvalue weighted by Crippen LogP contribution is 2.14. The lowest BCUT2D eigenvalue weighted by Gasteiger charge is -2.08. The van der Waals surface area contributed by atoms with E-state index in [0.29, 0.717) is 12.2 Å². The molecule has 0 unspecified atom stereocenters. The van der Waals surface area contributed by atoms with Crippen LogP contribution in [0.3, 0.4) is 0 Å². The Bertz CT molecular complexity index is 430. The van der Waals surface area contributed by atoms with Crippen molar-refractivity contribution in [1.82, 2.24) is 5.32 Å². The van der Waals surface area contributed by atoms with Crippen LogP contribution in [0.25, 0.3) is 0 Å². The fourth-order valence-electron chi connectivity index (χ4n) is 1.26. The molecule has 0 fully saturated rings. The number of aromatic carboxylic acids is 1. The van der Waals surface area contributed by atoms with E-state index in [9.17, 15) is 9.59 Å². The lowest BCUT2D eigenvalue weighted by molar-refractivity contribution is -0.115. The summed E-state index contributed by atoms with van der Waals surface area (Å²) in [5.41, 5.74) is 0.370. The molecule has 0 aromatic heterocycles. The largest absolute Gasteiger partial charge is 0.478 e. The van der Waals surface area contributed by atoms with Gasteiger partial charge in [0.05, 0.1) is 17.8 Å². The number of carboxylic acids is 1. The van der Waals surface area contributed by atoms with Crippen LogP contribution in [-0.2, 0) is 4.79 Å². The van der Waals surface area contributed by atoms with E-state index in [1.165, 1.54) is 6.07 Å². The number of anilines is 1. The van der Waals surface area contributed by atoms with Crippen molar-refractivity contribution in [1.29, 1.82) is 0 Å². The molecule has 0 saturated carbocycles. The fraction of sp³-hybridized carbons (Fsp3) is 0.167. The minimum atomic E-state index is -1.07. The highest BCUT2D eigenvalue weighted by Gasteiger charge is 2.10. The monoisotopic (exact) mass is 234 g/mol. The Balaban J connectivity index is 2.64. The highest BCUT2D eigenvalue weighted by molar-refractivity contribution is 6.01. The molecule has 90 valence electrons. The van der Waals surface area contributed by atoms with Gasteiger partial charge in [0.15, 0.2) is 0 Å². The normalized spacial score (nSPS) is 9.65. The van der Waals surface area contributed by atoms with Gasteiger partial charge in [-0.15, -0.1) is 6.58 Å². The Morgan fingerprint density at radius 2 is 2.06 bits per heavy atom. The summed E-state index contributed by atoms with van der Waals surface area (Å²) in [7, 11) is 0. The minimum absolute atomic E-state index is 0.0737. The highest BCUT2D eigenvalue weighted by atomic mass is 16.4. The van der Waals surface area contributed by atoms with Crippen molar-refractivity contribution in [2.45, 2.75) is 0 Å². The van der Waals surface area contributed by atoms with E-state index in [1.54, 1.807) is 24.3 Å². The van der Waals surface area contributed by atoms with Gasteiger partial charge >= 0.3 is 5.97 Å². The second kappa shape index (κ2) is 6.44. The first-order valence-electron chi connectivity index (χ1n) is 5.09.